The Morgan fingerprint density at radius 3 is 2.54 bits per heavy atom. The van der Waals surface area contributed by atoms with E-state index in [-0.39, 0.29) is 30.8 Å². The summed E-state index contributed by atoms with van der Waals surface area (Å²) in [5.74, 6) is 0.222. The van der Waals surface area contributed by atoms with Gasteiger partial charge in [0.2, 0.25) is 5.91 Å². The van der Waals surface area contributed by atoms with Crippen LogP contribution in [0.5, 0.6) is 5.75 Å². The lowest BCUT2D eigenvalue weighted by Crippen LogP contribution is -2.39. The summed E-state index contributed by atoms with van der Waals surface area (Å²) in [7, 11) is 1.57. The lowest BCUT2D eigenvalue weighted by Gasteiger charge is -2.28. The Balaban J connectivity index is 1.37. The van der Waals surface area contributed by atoms with Crippen molar-refractivity contribution in [2.75, 3.05) is 19.0 Å². The molecule has 0 saturated carbocycles. The molecule has 2 heterocycles. The van der Waals surface area contributed by atoms with Gasteiger partial charge in [-0.3, -0.25) is 14.5 Å². The molecule has 2 aromatic rings. The zero-order valence-corrected chi connectivity index (χ0v) is 15.6. The highest BCUT2D eigenvalue weighted by Gasteiger charge is 2.46. The van der Waals surface area contributed by atoms with E-state index in [1.165, 1.54) is 4.90 Å². The number of benzene rings is 2. The molecule has 0 bridgehead atoms. The number of fused-ring (bicyclic) bond motifs is 2. The van der Waals surface area contributed by atoms with Gasteiger partial charge in [0.1, 0.15) is 11.8 Å². The second-order valence-corrected chi connectivity index (χ2v) is 6.92. The van der Waals surface area contributed by atoms with Crippen molar-refractivity contribution in [2.45, 2.75) is 25.4 Å². The third kappa shape index (κ3) is 3.31. The fourth-order valence-corrected chi connectivity index (χ4v) is 3.69. The Bertz CT molecular complexity index is 883. The Labute approximate surface area is 162 Å². The van der Waals surface area contributed by atoms with E-state index in [4.69, 9.17) is 4.74 Å². The lowest BCUT2D eigenvalue weighted by atomic mass is 9.95. The van der Waals surface area contributed by atoms with Crippen LogP contribution in [0.15, 0.2) is 48.5 Å². The van der Waals surface area contributed by atoms with Crippen LogP contribution in [0.4, 0.5) is 10.5 Å². The number of anilines is 1. The van der Waals surface area contributed by atoms with Crippen molar-refractivity contribution in [3.63, 3.8) is 0 Å². The van der Waals surface area contributed by atoms with Crippen molar-refractivity contribution in [2.24, 2.45) is 0 Å². The van der Waals surface area contributed by atoms with E-state index in [2.05, 4.69) is 5.32 Å². The van der Waals surface area contributed by atoms with Crippen LogP contribution in [0, 0.1) is 0 Å². The molecule has 7 nitrogen and oxygen atoms in total. The van der Waals surface area contributed by atoms with Gasteiger partial charge in [0, 0.05) is 31.6 Å². The fourth-order valence-electron chi connectivity index (χ4n) is 3.69. The molecule has 0 aliphatic carbocycles. The van der Waals surface area contributed by atoms with Crippen molar-refractivity contribution in [1.82, 2.24) is 9.80 Å². The second-order valence-electron chi connectivity index (χ2n) is 6.92. The molecule has 1 atom stereocenters. The van der Waals surface area contributed by atoms with Crippen molar-refractivity contribution >= 4 is 23.5 Å². The minimum Gasteiger partial charge on any atom is -0.497 e. The van der Waals surface area contributed by atoms with Gasteiger partial charge in [-0.25, -0.2) is 4.79 Å². The molecular weight excluding hydrogens is 358 g/mol. The highest BCUT2D eigenvalue weighted by atomic mass is 16.5. The Morgan fingerprint density at radius 2 is 1.82 bits per heavy atom. The van der Waals surface area contributed by atoms with Gasteiger partial charge in [0.15, 0.2) is 0 Å². The molecule has 4 amide bonds. The number of nitrogens with one attached hydrogen (secondary N) is 1. The summed E-state index contributed by atoms with van der Waals surface area (Å²) in [5.41, 5.74) is 2.81. The monoisotopic (exact) mass is 379 g/mol. The second kappa shape index (κ2) is 7.34. The number of hydrogen-bond acceptors (Lipinski definition) is 4. The predicted molar refractivity (Wildman–Crippen MR) is 103 cm³/mol. The summed E-state index contributed by atoms with van der Waals surface area (Å²) in [6, 6.07) is 14.0. The summed E-state index contributed by atoms with van der Waals surface area (Å²) >= 11 is 0. The van der Waals surface area contributed by atoms with Gasteiger partial charge in [0.25, 0.3) is 5.91 Å². The highest BCUT2D eigenvalue weighted by Crippen LogP contribution is 2.30. The maximum Gasteiger partial charge on any atom is 0.327 e. The van der Waals surface area contributed by atoms with E-state index in [1.807, 2.05) is 24.3 Å². The average molecular weight is 379 g/mol. The van der Waals surface area contributed by atoms with Crippen molar-refractivity contribution in [3.05, 3.63) is 59.7 Å². The molecule has 28 heavy (non-hydrogen) atoms. The molecule has 2 aliphatic rings. The number of amides is 4. The lowest BCUT2D eigenvalue weighted by molar-refractivity contribution is -0.128. The van der Waals surface area contributed by atoms with Crippen molar-refractivity contribution < 1.29 is 19.1 Å². The first-order valence-electron chi connectivity index (χ1n) is 9.19. The van der Waals surface area contributed by atoms with Gasteiger partial charge in [0.05, 0.1) is 7.11 Å². The number of ether oxygens (including phenoxy) is 1. The molecule has 1 N–H and O–H groups in total. The standard InChI is InChI=1S/C21H21N3O4/c1-28-17-8-6-16(7-9-17)22-19(25)10-11-23-20(26)18-12-14-4-2-3-5-15(14)13-24(18)21(23)27/h2-9,18H,10-13H2,1H3,(H,22,25). The molecule has 4 rings (SSSR count). The number of carbonyl (C=O) groups excluding carboxylic acids is 3. The van der Waals surface area contributed by atoms with E-state index in [0.29, 0.717) is 24.4 Å². The van der Waals surface area contributed by atoms with Crippen LogP contribution in [-0.4, -0.2) is 47.3 Å². The van der Waals surface area contributed by atoms with Crippen LogP contribution in [0.3, 0.4) is 0 Å². The van der Waals surface area contributed by atoms with Crippen LogP contribution in [0.2, 0.25) is 0 Å². The third-order valence-corrected chi connectivity index (χ3v) is 5.21. The molecule has 2 aromatic carbocycles. The molecule has 2 aliphatic heterocycles. The molecular formula is C21H21N3O4. The minimum absolute atomic E-state index is 0.0526. The molecule has 1 saturated heterocycles. The first-order chi connectivity index (χ1) is 13.6. The van der Waals surface area contributed by atoms with E-state index in [9.17, 15) is 14.4 Å². The van der Waals surface area contributed by atoms with Gasteiger partial charge in [-0.05, 0) is 35.4 Å². The molecule has 0 aromatic heterocycles. The summed E-state index contributed by atoms with van der Waals surface area (Å²) in [6.07, 6.45) is 0.576. The van der Waals surface area contributed by atoms with Crippen molar-refractivity contribution in [3.8, 4) is 5.75 Å². The van der Waals surface area contributed by atoms with E-state index >= 15 is 0 Å². The van der Waals surface area contributed by atoms with Gasteiger partial charge in [-0.2, -0.15) is 0 Å². The number of rotatable bonds is 5. The van der Waals surface area contributed by atoms with E-state index < -0.39 is 6.04 Å². The van der Waals surface area contributed by atoms with Crippen LogP contribution in [-0.2, 0) is 22.6 Å². The van der Waals surface area contributed by atoms with Crippen LogP contribution >= 0.6 is 0 Å². The van der Waals surface area contributed by atoms with Crippen LogP contribution in [0.1, 0.15) is 17.5 Å². The van der Waals surface area contributed by atoms with Gasteiger partial charge in [-0.1, -0.05) is 24.3 Å². The highest BCUT2D eigenvalue weighted by molar-refractivity contribution is 6.05. The Hall–Kier alpha value is -3.35. The zero-order valence-electron chi connectivity index (χ0n) is 15.6. The molecule has 1 unspecified atom stereocenters. The Morgan fingerprint density at radius 1 is 1.11 bits per heavy atom. The van der Waals surface area contributed by atoms with Gasteiger partial charge >= 0.3 is 6.03 Å². The zero-order chi connectivity index (χ0) is 19.7. The first-order valence-corrected chi connectivity index (χ1v) is 9.19. The predicted octanol–water partition coefficient (Wildman–Crippen LogP) is 2.41. The number of nitrogens with zero attached hydrogens (tertiary/aromatic N) is 2. The van der Waals surface area contributed by atoms with Crippen LogP contribution < -0.4 is 10.1 Å². The smallest absolute Gasteiger partial charge is 0.327 e. The number of imide groups is 1. The van der Waals surface area contributed by atoms with Crippen LogP contribution in [0.25, 0.3) is 0 Å². The van der Waals surface area contributed by atoms with E-state index in [0.717, 1.165) is 11.1 Å². The summed E-state index contributed by atoms with van der Waals surface area (Å²) in [5, 5.41) is 2.77. The first kappa shape index (κ1) is 18.0. The topological polar surface area (TPSA) is 79.0 Å². The summed E-state index contributed by atoms with van der Waals surface area (Å²) in [4.78, 5) is 40.4. The maximum atomic E-state index is 12.7. The minimum atomic E-state index is -0.466. The average Bonchev–Trinajstić information content (AvgIpc) is 2.95. The molecule has 0 radical (unpaired) electrons. The molecule has 0 spiro atoms. The number of hydrogen-bond donors (Lipinski definition) is 1. The van der Waals surface area contributed by atoms with Gasteiger partial charge in [-0.15, -0.1) is 0 Å². The summed E-state index contributed by atoms with van der Waals surface area (Å²) in [6.45, 7) is 0.503. The SMILES string of the molecule is COc1ccc(NC(=O)CCN2C(=O)C3Cc4ccccc4CN3C2=O)cc1. The van der Waals surface area contributed by atoms with E-state index in [1.54, 1.807) is 36.3 Å². The molecule has 1 fully saturated rings. The molecule has 144 valence electrons. The number of methoxy groups -OCH3 is 1. The maximum absolute atomic E-state index is 12.7. The third-order valence-electron chi connectivity index (χ3n) is 5.21. The molecule has 7 heteroatoms. The summed E-state index contributed by atoms with van der Waals surface area (Å²) < 4.78 is 5.08. The number of carbonyl (C=O) groups is 3. The van der Waals surface area contributed by atoms with Crippen molar-refractivity contribution in [1.29, 1.82) is 0 Å². The Kier molecular flexibility index (Phi) is 4.73. The fraction of sp³-hybridized carbons (Fsp3) is 0.286. The van der Waals surface area contributed by atoms with Gasteiger partial charge < -0.3 is 15.0 Å². The number of urea groups is 1. The quantitative estimate of drug-likeness (QED) is 0.810. The largest absolute Gasteiger partial charge is 0.497 e. The normalized spacial score (nSPS) is 18.0.